The van der Waals surface area contributed by atoms with Crippen molar-refractivity contribution in [3.05, 3.63) is 48.6 Å². The van der Waals surface area contributed by atoms with Crippen LogP contribution in [-0.2, 0) is 28.4 Å². The molecule has 13 nitrogen and oxygen atoms in total. The highest BCUT2D eigenvalue weighted by atomic mass is 16.7. The van der Waals surface area contributed by atoms with Gasteiger partial charge in [0.2, 0.25) is 0 Å². The predicted octanol–water partition coefficient (Wildman–Crippen LogP) is 7.66. The first-order chi connectivity index (χ1) is 31.2. The molecule has 2 fully saturated rings. The molecule has 0 radical (unpaired) electrons. The zero-order chi connectivity index (χ0) is 46.5. The van der Waals surface area contributed by atoms with Gasteiger partial charge in [0.15, 0.2) is 12.6 Å². The van der Waals surface area contributed by atoms with E-state index >= 15 is 0 Å². The van der Waals surface area contributed by atoms with E-state index in [1.54, 1.807) is 0 Å². The summed E-state index contributed by atoms with van der Waals surface area (Å²) in [7, 11) is 0. The van der Waals surface area contributed by atoms with Crippen molar-refractivity contribution >= 4 is 0 Å². The summed E-state index contributed by atoms with van der Waals surface area (Å²) < 4.78 is 35.0. The average molecular weight is 913 g/mol. The molecule has 0 aliphatic carbocycles. The van der Waals surface area contributed by atoms with Crippen LogP contribution in [0.25, 0.3) is 0 Å². The summed E-state index contributed by atoms with van der Waals surface area (Å²) in [6, 6.07) is 0. The van der Waals surface area contributed by atoms with Gasteiger partial charge in [-0.1, -0.05) is 140 Å². The molecular weight excluding hydrogens is 821 g/mol. The number of hydrogen-bond donors (Lipinski definition) is 7. The Labute approximate surface area is 386 Å². The Hall–Kier alpha value is -1.56. The second kappa shape index (κ2) is 39.4. The van der Waals surface area contributed by atoms with Gasteiger partial charge < -0.3 is 64.2 Å². The molecule has 0 aromatic rings. The molecule has 64 heavy (non-hydrogen) atoms. The molecule has 2 saturated heterocycles. The fourth-order valence-corrected chi connectivity index (χ4v) is 7.68. The Morgan fingerprint density at radius 2 is 0.859 bits per heavy atom. The minimum absolute atomic E-state index is 0.00329. The van der Waals surface area contributed by atoms with Gasteiger partial charge in [0.25, 0.3) is 0 Å². The van der Waals surface area contributed by atoms with Crippen molar-refractivity contribution < 1.29 is 64.2 Å². The number of ether oxygens (including phenoxy) is 6. The van der Waals surface area contributed by atoms with Gasteiger partial charge >= 0.3 is 0 Å². The van der Waals surface area contributed by atoms with Crippen LogP contribution < -0.4 is 0 Å². The minimum Gasteiger partial charge on any atom is -0.394 e. The van der Waals surface area contributed by atoms with E-state index in [0.29, 0.717) is 13.2 Å². The van der Waals surface area contributed by atoms with E-state index in [1.807, 2.05) is 0 Å². The number of unbranched alkanes of at least 4 members (excludes halogenated alkanes) is 18. The third-order valence-electron chi connectivity index (χ3n) is 11.9. The van der Waals surface area contributed by atoms with Gasteiger partial charge in [-0.3, -0.25) is 0 Å². The lowest BCUT2D eigenvalue weighted by Gasteiger charge is -2.42. The van der Waals surface area contributed by atoms with E-state index < -0.39 is 80.7 Å². The van der Waals surface area contributed by atoms with Crippen molar-refractivity contribution in [3.63, 3.8) is 0 Å². The highest BCUT2D eigenvalue weighted by molar-refractivity contribution is 4.94. The SMILES string of the molecule is CCCCC/C=C\C/C=C\CCCCCCCCOC[C@H](CO[C@@H]1O[C@H](CO[C@H]2O[C@H](CO)[C@H](O)[C@H](O)[C@H]2O)[C@H](O)[C@H](O)[C@H]1O)OCCCCCCCC/C=C\C/C=C\CCCCC. The van der Waals surface area contributed by atoms with E-state index in [0.717, 1.165) is 64.2 Å². The average Bonchev–Trinajstić information content (AvgIpc) is 3.30. The third kappa shape index (κ3) is 26.7. The van der Waals surface area contributed by atoms with Gasteiger partial charge in [0.1, 0.15) is 54.9 Å². The molecule has 2 rings (SSSR count). The van der Waals surface area contributed by atoms with E-state index in [4.69, 9.17) is 28.4 Å². The van der Waals surface area contributed by atoms with Gasteiger partial charge in [-0.25, -0.2) is 0 Å². The molecule has 0 amide bonds. The van der Waals surface area contributed by atoms with Crippen molar-refractivity contribution in [2.75, 3.05) is 39.6 Å². The number of aliphatic hydroxyl groups is 7. The maximum absolute atomic E-state index is 10.8. The first kappa shape index (κ1) is 58.6. The van der Waals surface area contributed by atoms with Crippen LogP contribution in [0.15, 0.2) is 48.6 Å². The first-order valence-corrected chi connectivity index (χ1v) is 25.3. The second-order valence-corrected chi connectivity index (χ2v) is 17.6. The summed E-state index contributed by atoms with van der Waals surface area (Å²) in [5.74, 6) is 0. The maximum Gasteiger partial charge on any atom is 0.186 e. The van der Waals surface area contributed by atoms with Crippen molar-refractivity contribution in [3.8, 4) is 0 Å². The van der Waals surface area contributed by atoms with Crippen LogP contribution in [0.3, 0.4) is 0 Å². The highest BCUT2D eigenvalue weighted by Gasteiger charge is 2.47. The molecule has 2 aliphatic heterocycles. The Bertz CT molecular complexity index is 1180. The Balaban J connectivity index is 1.75. The van der Waals surface area contributed by atoms with E-state index in [-0.39, 0.29) is 13.2 Å². The normalized spacial score (nSPS) is 27.3. The lowest BCUT2D eigenvalue weighted by Crippen LogP contribution is -2.61. The van der Waals surface area contributed by atoms with Gasteiger partial charge in [-0.15, -0.1) is 0 Å². The minimum atomic E-state index is -1.65. The van der Waals surface area contributed by atoms with E-state index in [9.17, 15) is 35.7 Å². The fourth-order valence-electron chi connectivity index (χ4n) is 7.68. The predicted molar refractivity (Wildman–Crippen MR) is 252 cm³/mol. The molecule has 0 aromatic heterocycles. The molecule has 0 bridgehead atoms. The monoisotopic (exact) mass is 913 g/mol. The number of hydrogen-bond acceptors (Lipinski definition) is 13. The summed E-state index contributed by atoms with van der Waals surface area (Å²) in [5, 5.41) is 72.1. The maximum atomic E-state index is 10.8. The number of aliphatic hydroxyl groups excluding tert-OH is 7. The second-order valence-electron chi connectivity index (χ2n) is 17.6. The fraction of sp³-hybridized carbons (Fsp3) is 0.843. The lowest BCUT2D eigenvalue weighted by atomic mass is 9.98. The summed E-state index contributed by atoms with van der Waals surface area (Å²) in [4.78, 5) is 0. The quantitative estimate of drug-likeness (QED) is 0.0234. The molecule has 2 heterocycles. The molecule has 0 aromatic carbocycles. The van der Waals surface area contributed by atoms with Crippen LogP contribution in [0.4, 0.5) is 0 Å². The van der Waals surface area contributed by atoms with Gasteiger partial charge in [0.05, 0.1) is 26.4 Å². The summed E-state index contributed by atoms with van der Waals surface area (Å²) in [5.41, 5.74) is 0. The zero-order valence-electron chi connectivity index (χ0n) is 39.8. The van der Waals surface area contributed by atoms with E-state index in [1.165, 1.54) is 89.9 Å². The van der Waals surface area contributed by atoms with Crippen LogP contribution in [0.2, 0.25) is 0 Å². The molecule has 0 saturated carbocycles. The number of allylic oxidation sites excluding steroid dienone is 8. The van der Waals surface area contributed by atoms with Crippen LogP contribution in [0, 0.1) is 0 Å². The molecule has 11 atom stereocenters. The van der Waals surface area contributed by atoms with Gasteiger partial charge in [-0.2, -0.15) is 0 Å². The van der Waals surface area contributed by atoms with Crippen LogP contribution in [-0.4, -0.2) is 143 Å². The topological polar surface area (TPSA) is 197 Å². The Morgan fingerprint density at radius 1 is 0.438 bits per heavy atom. The van der Waals surface area contributed by atoms with Crippen molar-refractivity contribution in [2.24, 2.45) is 0 Å². The molecule has 0 unspecified atom stereocenters. The van der Waals surface area contributed by atoms with Crippen LogP contribution in [0.5, 0.6) is 0 Å². The summed E-state index contributed by atoms with van der Waals surface area (Å²) >= 11 is 0. The summed E-state index contributed by atoms with van der Waals surface area (Å²) in [6.07, 6.45) is 30.8. The van der Waals surface area contributed by atoms with Gasteiger partial charge in [-0.05, 0) is 77.0 Å². The molecule has 2 aliphatic rings. The van der Waals surface area contributed by atoms with Crippen molar-refractivity contribution in [2.45, 2.75) is 235 Å². The highest BCUT2D eigenvalue weighted by Crippen LogP contribution is 2.26. The Kier molecular flexibility index (Phi) is 36.1. The van der Waals surface area contributed by atoms with Crippen molar-refractivity contribution in [1.82, 2.24) is 0 Å². The van der Waals surface area contributed by atoms with Gasteiger partial charge in [0, 0.05) is 13.2 Å². The molecule has 13 heteroatoms. The molecule has 374 valence electrons. The largest absolute Gasteiger partial charge is 0.394 e. The zero-order valence-corrected chi connectivity index (χ0v) is 39.8. The third-order valence-corrected chi connectivity index (χ3v) is 11.9. The molecular formula is C51H92O13. The smallest absolute Gasteiger partial charge is 0.186 e. The number of rotatable bonds is 40. The van der Waals surface area contributed by atoms with Crippen molar-refractivity contribution in [1.29, 1.82) is 0 Å². The van der Waals surface area contributed by atoms with E-state index in [2.05, 4.69) is 62.5 Å². The molecule has 7 N–H and O–H groups in total. The molecule has 0 spiro atoms. The lowest BCUT2D eigenvalue weighted by molar-refractivity contribution is -0.333. The Morgan fingerprint density at radius 3 is 1.36 bits per heavy atom. The summed E-state index contributed by atoms with van der Waals surface area (Å²) in [6.45, 7) is 4.78. The standard InChI is InChI=1S/C51H92O13/c1-3-5-7-9-11-13-15-17-19-21-23-25-27-29-31-33-35-59-38-41(60-36-34-32-30-28-26-24-22-20-18-16-14-12-10-8-6-4-2)39-61-50-49(58)47(56)45(54)43(64-50)40-62-51-48(57)46(55)44(53)42(37-52)63-51/h11-14,17-20,41-58H,3-10,15-16,21-40H2,1-2H3/b13-11-,14-12-,19-17-,20-18-/t41-,42-,43-,44+,45+,46+,47+,48-,49-,50-,51+/m1/s1. The van der Waals surface area contributed by atoms with Crippen LogP contribution in [0.1, 0.15) is 168 Å². The van der Waals surface area contributed by atoms with Crippen LogP contribution >= 0.6 is 0 Å². The first-order valence-electron chi connectivity index (χ1n) is 25.3.